The lowest BCUT2D eigenvalue weighted by Gasteiger charge is -2.18. The Kier molecular flexibility index (Phi) is 7.34. The molecule has 0 radical (unpaired) electrons. The van der Waals surface area contributed by atoms with Gasteiger partial charge in [0, 0.05) is 55.0 Å². The van der Waals surface area contributed by atoms with E-state index in [1.165, 1.54) is 27.4 Å². The number of fused-ring (bicyclic) bond motifs is 6. The van der Waals surface area contributed by atoms with Gasteiger partial charge in [-0.15, -0.1) is 0 Å². The number of nitrogens with zero attached hydrogens (tertiary/aromatic N) is 3. The van der Waals surface area contributed by atoms with E-state index in [-0.39, 0.29) is 5.41 Å². The highest BCUT2D eigenvalue weighted by Crippen LogP contribution is 2.40. The first-order valence-corrected chi connectivity index (χ1v) is 18.5. The van der Waals surface area contributed by atoms with E-state index < -0.39 is 0 Å². The zero-order valence-corrected chi connectivity index (χ0v) is 30.4. The Hall–Kier alpha value is -6.78. The van der Waals surface area contributed by atoms with E-state index in [2.05, 4.69) is 177 Å². The van der Waals surface area contributed by atoms with Crippen LogP contribution in [0.2, 0.25) is 0 Å². The maximum absolute atomic E-state index is 6.69. The second-order valence-electron chi connectivity index (χ2n) is 15.0. The van der Waals surface area contributed by atoms with Gasteiger partial charge in [-0.2, -0.15) is 0 Å². The van der Waals surface area contributed by atoms with Crippen LogP contribution in [-0.2, 0) is 5.41 Å². The maximum atomic E-state index is 6.69. The average Bonchev–Trinajstić information content (AvgIpc) is 3.77. The molecule has 3 aromatic heterocycles. The zero-order valence-electron chi connectivity index (χ0n) is 30.4. The molecule has 0 aliphatic heterocycles. The Labute approximate surface area is 314 Å². The van der Waals surface area contributed by atoms with E-state index in [4.69, 9.17) is 14.4 Å². The van der Waals surface area contributed by atoms with Crippen molar-refractivity contribution < 1.29 is 4.42 Å². The number of aromatic nitrogens is 3. The summed E-state index contributed by atoms with van der Waals surface area (Å²) in [6.45, 7) is 6.70. The van der Waals surface area contributed by atoms with E-state index in [1.807, 2.05) is 18.2 Å². The first-order valence-electron chi connectivity index (χ1n) is 18.5. The van der Waals surface area contributed by atoms with Crippen LogP contribution in [0.4, 0.5) is 0 Å². The van der Waals surface area contributed by atoms with Crippen molar-refractivity contribution in [1.29, 1.82) is 0 Å². The van der Waals surface area contributed by atoms with Crippen molar-refractivity contribution in [2.45, 2.75) is 26.2 Å². The number of hydrogen-bond acceptors (Lipinski definition) is 3. The predicted octanol–water partition coefficient (Wildman–Crippen LogP) is 13.4. The molecule has 0 bridgehead atoms. The molecular formula is C50H37N3O. The maximum Gasteiger partial charge on any atom is 0.160 e. The molecule has 0 atom stereocenters. The summed E-state index contributed by atoms with van der Waals surface area (Å²) in [6.07, 6.45) is 0. The minimum atomic E-state index is -0.0292. The number of furan rings is 1. The molecule has 4 heteroatoms. The highest BCUT2D eigenvalue weighted by molar-refractivity contribution is 6.11. The van der Waals surface area contributed by atoms with Crippen LogP contribution in [0, 0.1) is 0 Å². The third-order valence-corrected chi connectivity index (χ3v) is 10.6. The molecule has 0 fully saturated rings. The van der Waals surface area contributed by atoms with Gasteiger partial charge in [0.05, 0.1) is 22.4 Å². The third kappa shape index (κ3) is 5.30. The molecule has 10 aromatic rings. The fourth-order valence-corrected chi connectivity index (χ4v) is 7.90. The fourth-order valence-electron chi connectivity index (χ4n) is 7.90. The molecule has 0 aliphatic rings. The molecule has 0 spiro atoms. The average molecular weight is 696 g/mol. The molecule has 7 aromatic carbocycles. The number of hydrogen-bond donors (Lipinski definition) is 0. The Bertz CT molecular complexity index is 2950. The van der Waals surface area contributed by atoms with Crippen molar-refractivity contribution in [3.63, 3.8) is 0 Å². The lowest BCUT2D eigenvalue weighted by molar-refractivity contribution is 0.573. The number of rotatable bonds is 5. The SMILES string of the molecule is CC(C)(C)c1cccc2c1oc1c(-c3ccc(-c4cc(-c5ccc(-n6c7ccccc7c7ccccc76)cc5)nc(-c5ccccc5)n4)cc3)cccc12. The molecule has 0 N–H and O–H groups in total. The summed E-state index contributed by atoms with van der Waals surface area (Å²) < 4.78 is 9.03. The standard InChI is InChI=1S/C50H37N3O/c1-50(2,3)42-20-12-19-41-40-18-11-17-37(47(40)54-48(41)42)32-23-25-33(26-24-32)43-31-44(52-49(51-43)35-13-5-4-6-14-35)34-27-29-36(30-28-34)53-45-21-9-7-15-38(45)39-16-8-10-22-46(39)53/h4-31H,1-3H3. The second-order valence-corrected chi connectivity index (χ2v) is 15.0. The summed E-state index contributed by atoms with van der Waals surface area (Å²) >= 11 is 0. The fraction of sp³-hybridized carbons (Fsp3) is 0.0800. The molecule has 0 amide bonds. The largest absolute Gasteiger partial charge is 0.455 e. The second kappa shape index (κ2) is 12.4. The molecular weight excluding hydrogens is 659 g/mol. The molecule has 0 unspecified atom stereocenters. The van der Waals surface area contributed by atoms with Crippen molar-refractivity contribution in [3.8, 4) is 50.7 Å². The predicted molar refractivity (Wildman–Crippen MR) is 224 cm³/mol. The van der Waals surface area contributed by atoms with Gasteiger partial charge in [-0.25, -0.2) is 9.97 Å². The molecule has 0 aliphatic carbocycles. The van der Waals surface area contributed by atoms with Gasteiger partial charge < -0.3 is 8.98 Å². The Morgan fingerprint density at radius 2 is 0.963 bits per heavy atom. The van der Waals surface area contributed by atoms with E-state index in [9.17, 15) is 0 Å². The third-order valence-electron chi connectivity index (χ3n) is 10.6. The van der Waals surface area contributed by atoms with E-state index in [0.29, 0.717) is 5.82 Å². The lowest BCUT2D eigenvalue weighted by atomic mass is 9.86. The van der Waals surface area contributed by atoms with Crippen LogP contribution in [0.5, 0.6) is 0 Å². The van der Waals surface area contributed by atoms with Crippen molar-refractivity contribution in [1.82, 2.24) is 14.5 Å². The summed E-state index contributed by atoms with van der Waals surface area (Å²) in [6, 6.07) is 59.8. The van der Waals surface area contributed by atoms with E-state index in [0.717, 1.165) is 66.8 Å². The van der Waals surface area contributed by atoms with Gasteiger partial charge in [0.15, 0.2) is 5.82 Å². The van der Waals surface area contributed by atoms with Gasteiger partial charge in [0.25, 0.3) is 0 Å². The van der Waals surface area contributed by atoms with Crippen molar-refractivity contribution in [2.75, 3.05) is 0 Å². The molecule has 0 saturated carbocycles. The smallest absolute Gasteiger partial charge is 0.160 e. The molecule has 3 heterocycles. The van der Waals surface area contributed by atoms with E-state index in [1.54, 1.807) is 0 Å². The molecule has 54 heavy (non-hydrogen) atoms. The van der Waals surface area contributed by atoms with Crippen LogP contribution >= 0.6 is 0 Å². The summed E-state index contributed by atoms with van der Waals surface area (Å²) in [4.78, 5) is 10.2. The van der Waals surface area contributed by atoms with Gasteiger partial charge in [-0.1, -0.05) is 160 Å². The first kappa shape index (κ1) is 31.9. The first-order chi connectivity index (χ1) is 26.4. The molecule has 258 valence electrons. The van der Waals surface area contributed by atoms with Crippen LogP contribution in [-0.4, -0.2) is 14.5 Å². The van der Waals surface area contributed by atoms with Gasteiger partial charge in [-0.3, -0.25) is 0 Å². The molecule has 4 nitrogen and oxygen atoms in total. The topological polar surface area (TPSA) is 43.9 Å². The summed E-state index contributed by atoms with van der Waals surface area (Å²) in [7, 11) is 0. The van der Waals surface area contributed by atoms with Crippen molar-refractivity contribution in [3.05, 3.63) is 175 Å². The van der Waals surface area contributed by atoms with E-state index >= 15 is 0 Å². The van der Waals surface area contributed by atoms with Crippen LogP contribution in [0.1, 0.15) is 26.3 Å². The summed E-state index contributed by atoms with van der Waals surface area (Å²) in [5, 5.41) is 4.79. The minimum Gasteiger partial charge on any atom is -0.455 e. The van der Waals surface area contributed by atoms with Gasteiger partial charge in [-0.05, 0) is 41.3 Å². The Morgan fingerprint density at radius 3 is 1.59 bits per heavy atom. The lowest BCUT2D eigenvalue weighted by Crippen LogP contribution is -2.10. The highest BCUT2D eigenvalue weighted by atomic mass is 16.3. The number of benzene rings is 7. The van der Waals surface area contributed by atoms with Gasteiger partial charge in [0.1, 0.15) is 11.2 Å². The van der Waals surface area contributed by atoms with Gasteiger partial charge >= 0.3 is 0 Å². The van der Waals surface area contributed by atoms with Gasteiger partial charge in [0.2, 0.25) is 0 Å². The van der Waals surface area contributed by atoms with Crippen molar-refractivity contribution in [2.24, 2.45) is 0 Å². The summed E-state index contributed by atoms with van der Waals surface area (Å²) in [5.74, 6) is 0.695. The van der Waals surface area contributed by atoms with Crippen LogP contribution < -0.4 is 0 Å². The Morgan fingerprint density at radius 1 is 0.444 bits per heavy atom. The zero-order chi connectivity index (χ0) is 36.4. The highest BCUT2D eigenvalue weighted by Gasteiger charge is 2.22. The quantitative estimate of drug-likeness (QED) is 0.180. The van der Waals surface area contributed by atoms with Crippen LogP contribution in [0.25, 0.3) is 94.5 Å². The van der Waals surface area contributed by atoms with Crippen molar-refractivity contribution >= 4 is 43.7 Å². The normalized spacial score (nSPS) is 12.0. The Balaban J connectivity index is 1.05. The molecule has 10 rings (SSSR count). The number of para-hydroxylation sites is 4. The molecule has 0 saturated heterocycles. The van der Waals surface area contributed by atoms with Crippen LogP contribution in [0.3, 0.4) is 0 Å². The summed E-state index contributed by atoms with van der Waals surface area (Å²) in [5.41, 5.74) is 13.5. The minimum absolute atomic E-state index is 0.0292. The monoisotopic (exact) mass is 695 g/mol. The van der Waals surface area contributed by atoms with Crippen LogP contribution in [0.15, 0.2) is 174 Å².